The van der Waals surface area contributed by atoms with E-state index in [1.807, 2.05) is 33.0 Å². The zero-order valence-corrected chi connectivity index (χ0v) is 14.3. The molecule has 0 radical (unpaired) electrons. The maximum absolute atomic E-state index is 12.1. The number of benzene rings is 1. The van der Waals surface area contributed by atoms with Crippen LogP contribution in [-0.4, -0.2) is 15.8 Å². The predicted molar refractivity (Wildman–Crippen MR) is 93.6 cm³/mol. The molecule has 0 spiro atoms. The molecule has 0 aliphatic carbocycles. The zero-order chi connectivity index (χ0) is 16.4. The molecular formula is C17H20N4OS. The second-order valence-electron chi connectivity index (χ2n) is 5.61. The molecule has 3 rings (SSSR count). The molecule has 0 saturated carbocycles. The first-order valence-electron chi connectivity index (χ1n) is 7.54. The molecule has 0 fully saturated rings. The molecule has 6 heteroatoms. The van der Waals surface area contributed by atoms with Gasteiger partial charge in [-0.25, -0.2) is 4.79 Å². The zero-order valence-electron chi connectivity index (χ0n) is 13.5. The second-order valence-corrected chi connectivity index (χ2v) is 6.53. The molecule has 3 aromatic rings. The third kappa shape index (κ3) is 3.22. The van der Waals surface area contributed by atoms with Gasteiger partial charge in [0.2, 0.25) is 0 Å². The summed E-state index contributed by atoms with van der Waals surface area (Å²) in [5.41, 5.74) is 3.23. The van der Waals surface area contributed by atoms with E-state index in [9.17, 15) is 4.79 Å². The second kappa shape index (κ2) is 6.42. The summed E-state index contributed by atoms with van der Waals surface area (Å²) < 4.78 is 3.04. The van der Waals surface area contributed by atoms with Gasteiger partial charge in [-0.05, 0) is 36.2 Å². The van der Waals surface area contributed by atoms with Crippen LogP contribution in [-0.2, 0) is 13.6 Å². The minimum absolute atomic E-state index is 0.0406. The van der Waals surface area contributed by atoms with Crippen molar-refractivity contribution in [3.63, 3.8) is 0 Å². The Morgan fingerprint density at radius 3 is 2.91 bits per heavy atom. The van der Waals surface area contributed by atoms with E-state index in [-0.39, 0.29) is 12.1 Å². The van der Waals surface area contributed by atoms with Crippen molar-refractivity contribution in [2.45, 2.75) is 26.4 Å². The van der Waals surface area contributed by atoms with E-state index < -0.39 is 0 Å². The quantitative estimate of drug-likeness (QED) is 0.770. The number of carbonyl (C=O) groups is 1. The van der Waals surface area contributed by atoms with Crippen molar-refractivity contribution < 1.29 is 4.79 Å². The van der Waals surface area contributed by atoms with Crippen molar-refractivity contribution in [1.29, 1.82) is 0 Å². The number of amides is 2. The number of urea groups is 1. The number of hydrogen-bond donors (Lipinski definition) is 2. The van der Waals surface area contributed by atoms with Gasteiger partial charge < -0.3 is 10.6 Å². The fraction of sp³-hybridized carbons (Fsp3) is 0.294. The van der Waals surface area contributed by atoms with Gasteiger partial charge >= 0.3 is 6.03 Å². The van der Waals surface area contributed by atoms with Gasteiger partial charge in [-0.15, -0.1) is 11.3 Å². The molecule has 0 aliphatic heterocycles. The van der Waals surface area contributed by atoms with Crippen LogP contribution in [0.3, 0.4) is 0 Å². The van der Waals surface area contributed by atoms with Gasteiger partial charge in [-0.1, -0.05) is 18.2 Å². The summed E-state index contributed by atoms with van der Waals surface area (Å²) in [7, 11) is 1.89. The van der Waals surface area contributed by atoms with Crippen LogP contribution in [0.2, 0.25) is 0 Å². The first-order valence-corrected chi connectivity index (χ1v) is 8.42. The Bertz CT molecular complexity index is 836. The number of rotatable bonds is 4. The lowest BCUT2D eigenvalue weighted by atomic mass is 10.1. The maximum atomic E-state index is 12.1. The molecular weight excluding hydrogens is 308 g/mol. The number of hydrogen-bond acceptors (Lipinski definition) is 3. The van der Waals surface area contributed by atoms with E-state index in [1.165, 1.54) is 10.1 Å². The lowest BCUT2D eigenvalue weighted by Gasteiger charge is -2.14. The summed E-state index contributed by atoms with van der Waals surface area (Å²) in [4.78, 5) is 12.1. The molecule has 1 aromatic carbocycles. The van der Waals surface area contributed by atoms with Gasteiger partial charge in [0.25, 0.3) is 0 Å². The first-order chi connectivity index (χ1) is 11.1. The van der Waals surface area contributed by atoms with E-state index in [4.69, 9.17) is 0 Å². The molecule has 0 bridgehead atoms. The standard InChI is InChI=1S/C17H20N4OS/c1-11(15-10-23-16-7-5-4-6-14(15)16)20-17(22)18-8-13-9-19-21(3)12(13)2/h4-7,9-11H,8H2,1-3H3,(H2,18,20,22)/t11-/m0/s1. The lowest BCUT2D eigenvalue weighted by molar-refractivity contribution is 0.237. The highest BCUT2D eigenvalue weighted by Crippen LogP contribution is 2.29. The number of aryl methyl sites for hydroxylation is 1. The van der Waals surface area contributed by atoms with Gasteiger partial charge in [-0.3, -0.25) is 4.68 Å². The van der Waals surface area contributed by atoms with Crippen LogP contribution < -0.4 is 10.6 Å². The number of thiophene rings is 1. The molecule has 120 valence electrons. The molecule has 2 aromatic heterocycles. The summed E-state index contributed by atoms with van der Waals surface area (Å²) in [5.74, 6) is 0. The number of aromatic nitrogens is 2. The minimum atomic E-state index is -0.170. The highest BCUT2D eigenvalue weighted by atomic mass is 32.1. The number of nitrogens with zero attached hydrogens (tertiary/aromatic N) is 2. The molecule has 2 heterocycles. The smallest absolute Gasteiger partial charge is 0.315 e. The fourth-order valence-electron chi connectivity index (χ4n) is 2.55. The summed E-state index contributed by atoms with van der Waals surface area (Å²) >= 11 is 1.70. The number of carbonyl (C=O) groups excluding carboxylic acids is 1. The molecule has 0 aliphatic rings. The van der Waals surface area contributed by atoms with Crippen molar-refractivity contribution >= 4 is 27.5 Å². The number of fused-ring (bicyclic) bond motifs is 1. The third-order valence-electron chi connectivity index (χ3n) is 4.10. The van der Waals surface area contributed by atoms with Crippen LogP contribution in [0, 0.1) is 6.92 Å². The largest absolute Gasteiger partial charge is 0.334 e. The van der Waals surface area contributed by atoms with E-state index in [1.54, 1.807) is 22.2 Å². The predicted octanol–water partition coefficient (Wildman–Crippen LogP) is 3.50. The van der Waals surface area contributed by atoms with Crippen molar-refractivity contribution in [1.82, 2.24) is 20.4 Å². The molecule has 0 saturated heterocycles. The van der Waals surface area contributed by atoms with Gasteiger partial charge in [0.15, 0.2) is 0 Å². The van der Waals surface area contributed by atoms with Crippen LogP contribution in [0.5, 0.6) is 0 Å². The van der Waals surface area contributed by atoms with Crippen molar-refractivity contribution in [3.05, 3.63) is 52.7 Å². The SMILES string of the molecule is Cc1c(CNC(=O)N[C@@H](C)c2csc3ccccc23)cnn1C. The molecule has 2 amide bonds. The topological polar surface area (TPSA) is 59.0 Å². The highest BCUT2D eigenvalue weighted by Gasteiger charge is 2.14. The van der Waals surface area contributed by atoms with Crippen LogP contribution >= 0.6 is 11.3 Å². The molecule has 1 atom stereocenters. The average molecular weight is 328 g/mol. The van der Waals surface area contributed by atoms with Crippen LogP contribution in [0.4, 0.5) is 4.79 Å². The van der Waals surface area contributed by atoms with Crippen molar-refractivity contribution in [2.75, 3.05) is 0 Å². The van der Waals surface area contributed by atoms with E-state index in [2.05, 4.69) is 33.2 Å². The molecule has 2 N–H and O–H groups in total. The Balaban J connectivity index is 1.62. The summed E-state index contributed by atoms with van der Waals surface area (Å²) in [6.45, 7) is 4.47. The van der Waals surface area contributed by atoms with Gasteiger partial charge in [0.1, 0.15) is 0 Å². The Hall–Kier alpha value is -2.34. The molecule has 5 nitrogen and oxygen atoms in total. The van der Waals surface area contributed by atoms with E-state index >= 15 is 0 Å². The molecule has 0 unspecified atom stereocenters. The maximum Gasteiger partial charge on any atom is 0.315 e. The highest BCUT2D eigenvalue weighted by molar-refractivity contribution is 7.17. The Morgan fingerprint density at radius 2 is 2.17 bits per heavy atom. The van der Waals surface area contributed by atoms with Crippen LogP contribution in [0.1, 0.15) is 29.8 Å². The van der Waals surface area contributed by atoms with Crippen LogP contribution in [0.15, 0.2) is 35.8 Å². The Morgan fingerprint density at radius 1 is 1.39 bits per heavy atom. The fourth-order valence-corrected chi connectivity index (χ4v) is 3.61. The summed E-state index contributed by atoms with van der Waals surface area (Å²) in [6.07, 6.45) is 1.78. The van der Waals surface area contributed by atoms with Gasteiger partial charge in [0, 0.05) is 29.5 Å². The van der Waals surface area contributed by atoms with Crippen molar-refractivity contribution in [2.24, 2.45) is 7.05 Å². The summed E-state index contributed by atoms with van der Waals surface area (Å²) in [6, 6.07) is 8.04. The van der Waals surface area contributed by atoms with Crippen molar-refractivity contribution in [3.8, 4) is 0 Å². The normalized spacial score (nSPS) is 12.3. The van der Waals surface area contributed by atoms with E-state index in [0.717, 1.165) is 16.8 Å². The first kappa shape index (κ1) is 15.6. The lowest BCUT2D eigenvalue weighted by Crippen LogP contribution is -2.36. The van der Waals surface area contributed by atoms with Gasteiger partial charge in [0.05, 0.1) is 12.2 Å². The van der Waals surface area contributed by atoms with E-state index in [0.29, 0.717) is 6.54 Å². The monoisotopic (exact) mass is 328 g/mol. The number of nitrogens with one attached hydrogen (secondary N) is 2. The third-order valence-corrected chi connectivity index (χ3v) is 5.08. The van der Waals surface area contributed by atoms with Gasteiger partial charge in [-0.2, -0.15) is 5.10 Å². The summed E-state index contributed by atoms with van der Waals surface area (Å²) in [5, 5.41) is 13.4. The Labute approximate surface area is 139 Å². The average Bonchev–Trinajstić information content (AvgIpc) is 3.10. The minimum Gasteiger partial charge on any atom is -0.334 e. The Kier molecular flexibility index (Phi) is 4.34. The van der Waals surface area contributed by atoms with Crippen LogP contribution in [0.25, 0.3) is 10.1 Å². The molecule has 23 heavy (non-hydrogen) atoms.